The molecule has 0 bridgehead atoms. The minimum absolute atomic E-state index is 0.152. The number of rotatable bonds is 9. The van der Waals surface area contributed by atoms with Gasteiger partial charge >= 0.3 is 7.67 Å². The number of aliphatic hydroxyl groups excluding tert-OH is 1. The van der Waals surface area contributed by atoms with E-state index < -0.39 is 14.3 Å². The summed E-state index contributed by atoms with van der Waals surface area (Å²) in [4.78, 5) is 11.2. The number of carbonyl (C=O) groups is 1. The second-order valence-electron chi connectivity index (χ2n) is 4.41. The minimum Gasteiger partial charge on any atom is -0.389 e. The van der Waals surface area contributed by atoms with Crippen molar-refractivity contribution in [1.29, 1.82) is 0 Å². The maximum Gasteiger partial charge on any atom is 0.346 e. The molecule has 1 unspecified atom stereocenters. The molecule has 20 heavy (non-hydrogen) atoms. The Labute approximate surface area is 129 Å². The van der Waals surface area contributed by atoms with Crippen LogP contribution in [0, 0.1) is 0 Å². The van der Waals surface area contributed by atoms with E-state index in [1.54, 1.807) is 9.34 Å². The zero-order valence-electron chi connectivity index (χ0n) is 11.3. The average molecular weight is 347 g/mol. The third-order valence-corrected chi connectivity index (χ3v) is 6.13. The SMILES string of the molecule is O=C(CO)CCN1CCCOP1(=O)N(CCCl)CCCl. The van der Waals surface area contributed by atoms with Crippen LogP contribution in [0.25, 0.3) is 0 Å². The van der Waals surface area contributed by atoms with Gasteiger partial charge in [-0.2, -0.15) is 0 Å². The number of nitrogens with zero attached hydrogens (tertiary/aromatic N) is 2. The van der Waals surface area contributed by atoms with Gasteiger partial charge < -0.3 is 9.63 Å². The second-order valence-corrected chi connectivity index (χ2v) is 7.54. The van der Waals surface area contributed by atoms with Crippen molar-refractivity contribution in [3.05, 3.63) is 0 Å². The number of hydrogen-bond acceptors (Lipinski definition) is 4. The highest BCUT2D eigenvalue weighted by Gasteiger charge is 2.40. The van der Waals surface area contributed by atoms with Crippen molar-refractivity contribution in [3.8, 4) is 0 Å². The predicted octanol–water partition coefficient (Wildman–Crippen LogP) is 1.55. The van der Waals surface area contributed by atoms with Gasteiger partial charge in [0, 0.05) is 44.4 Å². The van der Waals surface area contributed by atoms with E-state index in [0.717, 1.165) is 6.42 Å². The fourth-order valence-electron chi connectivity index (χ4n) is 2.03. The molecule has 0 amide bonds. The fraction of sp³-hybridized carbons (Fsp3) is 0.909. The molecule has 1 saturated heterocycles. The topological polar surface area (TPSA) is 70.1 Å². The molecular formula is C11H21Cl2N2O4P. The van der Waals surface area contributed by atoms with E-state index in [9.17, 15) is 9.36 Å². The fourth-order valence-corrected chi connectivity index (χ4v) is 5.18. The second kappa shape index (κ2) is 9.36. The van der Waals surface area contributed by atoms with Crippen LogP contribution in [0.3, 0.4) is 0 Å². The van der Waals surface area contributed by atoms with Crippen molar-refractivity contribution >= 4 is 36.7 Å². The molecule has 6 nitrogen and oxygen atoms in total. The summed E-state index contributed by atoms with van der Waals surface area (Å²) >= 11 is 11.5. The molecule has 0 spiro atoms. The lowest BCUT2D eigenvalue weighted by atomic mass is 10.3. The summed E-state index contributed by atoms with van der Waals surface area (Å²) in [6.45, 7) is 1.65. The molecule has 1 rings (SSSR count). The molecule has 1 heterocycles. The monoisotopic (exact) mass is 346 g/mol. The molecule has 0 saturated carbocycles. The van der Waals surface area contributed by atoms with Crippen molar-refractivity contribution in [2.45, 2.75) is 12.8 Å². The minimum atomic E-state index is -3.17. The van der Waals surface area contributed by atoms with E-state index in [1.807, 2.05) is 0 Å². The lowest BCUT2D eigenvalue weighted by Crippen LogP contribution is -2.40. The van der Waals surface area contributed by atoms with Crippen molar-refractivity contribution < 1.29 is 19.0 Å². The molecule has 0 aliphatic carbocycles. The van der Waals surface area contributed by atoms with Gasteiger partial charge in [0.15, 0.2) is 5.78 Å². The molecule has 1 aliphatic heterocycles. The molecule has 1 aliphatic rings. The highest BCUT2D eigenvalue weighted by atomic mass is 35.5. The van der Waals surface area contributed by atoms with Gasteiger partial charge in [0.1, 0.15) is 6.61 Å². The van der Waals surface area contributed by atoms with Crippen LogP contribution in [0.5, 0.6) is 0 Å². The Hall–Kier alpha value is 0.320. The van der Waals surface area contributed by atoms with Crippen LogP contribution in [-0.2, 0) is 13.9 Å². The summed E-state index contributed by atoms with van der Waals surface area (Å²) in [7, 11) is -3.17. The molecule has 0 aromatic heterocycles. The van der Waals surface area contributed by atoms with E-state index in [2.05, 4.69) is 0 Å². The van der Waals surface area contributed by atoms with Crippen LogP contribution < -0.4 is 0 Å². The highest BCUT2D eigenvalue weighted by molar-refractivity contribution is 7.54. The van der Waals surface area contributed by atoms with Crippen LogP contribution in [-0.4, -0.2) is 71.4 Å². The van der Waals surface area contributed by atoms with Gasteiger partial charge in [-0.3, -0.25) is 9.36 Å². The molecule has 1 N–H and O–H groups in total. The number of ketones is 1. The first-order chi connectivity index (χ1) is 9.58. The molecule has 0 aromatic carbocycles. The van der Waals surface area contributed by atoms with Crippen LogP contribution in [0.4, 0.5) is 0 Å². The molecule has 1 atom stereocenters. The lowest BCUT2D eigenvalue weighted by molar-refractivity contribution is -0.121. The predicted molar refractivity (Wildman–Crippen MR) is 79.5 cm³/mol. The Kier molecular flexibility index (Phi) is 8.60. The maximum atomic E-state index is 13.1. The van der Waals surface area contributed by atoms with Crippen LogP contribution in [0.2, 0.25) is 0 Å². The summed E-state index contributed by atoms with van der Waals surface area (Å²) in [6.07, 6.45) is 0.909. The van der Waals surface area contributed by atoms with Gasteiger partial charge in [-0.25, -0.2) is 9.34 Å². The highest BCUT2D eigenvalue weighted by Crippen LogP contribution is 2.56. The van der Waals surface area contributed by atoms with Gasteiger partial charge in [0.25, 0.3) is 0 Å². The first kappa shape index (κ1) is 18.4. The van der Waals surface area contributed by atoms with E-state index in [1.165, 1.54) is 0 Å². The van der Waals surface area contributed by atoms with Crippen LogP contribution in [0.1, 0.15) is 12.8 Å². The van der Waals surface area contributed by atoms with Crippen LogP contribution in [0.15, 0.2) is 0 Å². The molecule has 1 fully saturated rings. The number of halogens is 2. The Morgan fingerprint density at radius 1 is 1.35 bits per heavy atom. The van der Waals surface area contributed by atoms with Crippen molar-refractivity contribution in [3.63, 3.8) is 0 Å². The number of aliphatic hydroxyl groups is 1. The lowest BCUT2D eigenvalue weighted by Gasteiger charge is -2.40. The summed E-state index contributed by atoms with van der Waals surface area (Å²) in [5.74, 6) is 0.379. The molecular weight excluding hydrogens is 326 g/mol. The summed E-state index contributed by atoms with van der Waals surface area (Å²) < 4.78 is 22.0. The number of carbonyl (C=O) groups excluding carboxylic acids is 1. The third kappa shape index (κ3) is 4.95. The number of hydrogen-bond donors (Lipinski definition) is 1. The van der Waals surface area contributed by atoms with E-state index in [-0.39, 0.29) is 12.2 Å². The smallest absolute Gasteiger partial charge is 0.346 e. The average Bonchev–Trinajstić information content (AvgIpc) is 2.45. The van der Waals surface area contributed by atoms with Crippen molar-refractivity contribution in [2.24, 2.45) is 0 Å². The largest absolute Gasteiger partial charge is 0.389 e. The van der Waals surface area contributed by atoms with Gasteiger partial charge in [-0.15, -0.1) is 23.2 Å². The Morgan fingerprint density at radius 3 is 2.55 bits per heavy atom. The van der Waals surface area contributed by atoms with Gasteiger partial charge in [0.05, 0.1) is 6.61 Å². The Bertz CT molecular complexity index is 353. The van der Waals surface area contributed by atoms with Gasteiger partial charge in [-0.1, -0.05) is 0 Å². The molecule has 0 aromatic rings. The van der Waals surface area contributed by atoms with E-state index in [0.29, 0.717) is 44.5 Å². The Balaban J connectivity index is 2.77. The van der Waals surface area contributed by atoms with Crippen molar-refractivity contribution in [2.75, 3.05) is 51.2 Å². The molecule has 9 heteroatoms. The normalized spacial score (nSPS) is 24.2. The maximum absolute atomic E-state index is 13.1. The Morgan fingerprint density at radius 2 is 2.00 bits per heavy atom. The van der Waals surface area contributed by atoms with Crippen molar-refractivity contribution in [1.82, 2.24) is 9.34 Å². The zero-order valence-corrected chi connectivity index (χ0v) is 13.7. The van der Waals surface area contributed by atoms with Gasteiger partial charge in [-0.05, 0) is 6.42 Å². The van der Waals surface area contributed by atoms with Gasteiger partial charge in [0.2, 0.25) is 0 Å². The first-order valence-electron chi connectivity index (χ1n) is 6.58. The van der Waals surface area contributed by atoms with Crippen LogP contribution >= 0.6 is 30.9 Å². The number of alkyl halides is 2. The third-order valence-electron chi connectivity index (χ3n) is 3.05. The quantitative estimate of drug-likeness (QED) is 0.504. The summed E-state index contributed by atoms with van der Waals surface area (Å²) in [6, 6.07) is 0. The molecule has 118 valence electrons. The summed E-state index contributed by atoms with van der Waals surface area (Å²) in [5, 5.41) is 8.76. The zero-order chi connectivity index (χ0) is 15.0. The molecule has 0 radical (unpaired) electrons. The first-order valence-corrected chi connectivity index (χ1v) is 9.18. The standard InChI is InChI=1S/C11H21Cl2N2O4P/c12-3-7-15(8-4-13)20(18)14(5-1-9-19-20)6-2-11(17)10-16/h16H,1-10H2. The van der Waals surface area contributed by atoms with E-state index >= 15 is 0 Å². The number of Topliss-reactive ketones (excluding diaryl/α,β-unsaturated/α-hetero) is 1. The van der Waals surface area contributed by atoms with E-state index in [4.69, 9.17) is 32.8 Å². The summed E-state index contributed by atoms with van der Waals surface area (Å²) in [5.41, 5.74) is 0.